The third-order valence-electron chi connectivity index (χ3n) is 6.92. The third kappa shape index (κ3) is 4.80. The molecule has 8 nitrogen and oxygen atoms in total. The van der Waals surface area contributed by atoms with E-state index < -0.39 is 19.9 Å². The van der Waals surface area contributed by atoms with E-state index in [1.54, 1.807) is 18.2 Å². The van der Waals surface area contributed by atoms with Crippen molar-refractivity contribution in [2.45, 2.75) is 11.8 Å². The van der Waals surface area contributed by atoms with Crippen molar-refractivity contribution in [1.82, 2.24) is 14.2 Å². The average molecular weight is 515 g/mol. The number of sulfonamides is 1. The Morgan fingerprint density at radius 2 is 1.54 bits per heavy atom. The topological polar surface area (TPSA) is 90.9 Å². The van der Waals surface area contributed by atoms with Crippen molar-refractivity contribution in [3.05, 3.63) is 54.6 Å². The van der Waals surface area contributed by atoms with Crippen LogP contribution in [0.15, 0.2) is 59.5 Å². The second-order valence-corrected chi connectivity index (χ2v) is 13.2. The van der Waals surface area contributed by atoms with Gasteiger partial charge in [-0.3, -0.25) is 0 Å². The van der Waals surface area contributed by atoms with E-state index in [4.69, 9.17) is 4.98 Å². The van der Waals surface area contributed by atoms with Crippen molar-refractivity contribution >= 4 is 36.5 Å². The van der Waals surface area contributed by atoms with Crippen LogP contribution in [-0.2, 0) is 19.9 Å². The molecule has 2 aliphatic rings. The molecular weight excluding hydrogens is 484 g/mol. The van der Waals surface area contributed by atoms with Gasteiger partial charge < -0.3 is 9.80 Å². The molecule has 10 heteroatoms. The minimum Gasteiger partial charge on any atom is -0.354 e. The zero-order chi connectivity index (χ0) is 24.6. The zero-order valence-electron chi connectivity index (χ0n) is 19.8. The van der Waals surface area contributed by atoms with E-state index in [0.29, 0.717) is 11.3 Å². The average Bonchev–Trinajstić information content (AvgIpc) is 2.88. The van der Waals surface area contributed by atoms with Gasteiger partial charge in [0.15, 0.2) is 9.84 Å². The summed E-state index contributed by atoms with van der Waals surface area (Å²) in [5.41, 5.74) is 1.13. The number of aromatic nitrogens is 1. The van der Waals surface area contributed by atoms with E-state index in [2.05, 4.69) is 22.8 Å². The molecule has 186 valence electrons. The van der Waals surface area contributed by atoms with E-state index in [0.717, 1.165) is 49.3 Å². The molecule has 1 aromatic heterocycles. The minimum atomic E-state index is -3.88. The molecule has 3 heterocycles. The fourth-order valence-corrected chi connectivity index (χ4v) is 7.89. The minimum absolute atomic E-state index is 0.0306. The van der Waals surface area contributed by atoms with Gasteiger partial charge in [0.2, 0.25) is 10.0 Å². The molecule has 0 atom stereocenters. The Balaban J connectivity index is 1.58. The first kappa shape index (κ1) is 24.2. The van der Waals surface area contributed by atoms with Gasteiger partial charge in [-0.25, -0.2) is 21.8 Å². The lowest BCUT2D eigenvalue weighted by Gasteiger charge is -2.35. The second kappa shape index (κ2) is 9.50. The molecule has 2 aromatic carbocycles. The van der Waals surface area contributed by atoms with Crippen LogP contribution >= 0.6 is 0 Å². The molecule has 0 aliphatic carbocycles. The molecule has 0 N–H and O–H groups in total. The van der Waals surface area contributed by atoms with Crippen molar-refractivity contribution in [2.75, 3.05) is 62.2 Å². The number of benzene rings is 2. The largest absolute Gasteiger partial charge is 0.354 e. The predicted octanol–water partition coefficient (Wildman–Crippen LogP) is 2.46. The maximum Gasteiger partial charge on any atom is 0.243 e. The highest BCUT2D eigenvalue weighted by Crippen LogP contribution is 2.34. The van der Waals surface area contributed by atoms with Crippen molar-refractivity contribution in [1.29, 1.82) is 0 Å². The first-order chi connectivity index (χ1) is 16.8. The van der Waals surface area contributed by atoms with Gasteiger partial charge in [-0.2, -0.15) is 4.31 Å². The SMILES string of the molecule is CCN1CCN(c2nc(-c3ccccc3S(=O)(=O)N3CCS(=O)(=O)CC3)cc3ccccc23)CC1. The number of rotatable bonds is 5. The third-order valence-corrected chi connectivity index (χ3v) is 10.5. The van der Waals surface area contributed by atoms with Gasteiger partial charge in [0.05, 0.1) is 22.1 Å². The van der Waals surface area contributed by atoms with Crippen LogP contribution in [0.25, 0.3) is 22.0 Å². The van der Waals surface area contributed by atoms with Crippen LogP contribution in [0.3, 0.4) is 0 Å². The van der Waals surface area contributed by atoms with Crippen LogP contribution in [-0.4, -0.2) is 88.3 Å². The van der Waals surface area contributed by atoms with Gasteiger partial charge >= 0.3 is 0 Å². The summed E-state index contributed by atoms with van der Waals surface area (Å²) in [6.07, 6.45) is 0. The van der Waals surface area contributed by atoms with E-state index in [-0.39, 0.29) is 29.5 Å². The number of anilines is 1. The zero-order valence-corrected chi connectivity index (χ0v) is 21.4. The Morgan fingerprint density at radius 3 is 2.26 bits per heavy atom. The Kier molecular flexibility index (Phi) is 6.56. The summed E-state index contributed by atoms with van der Waals surface area (Å²) in [5.74, 6) is 0.553. The highest BCUT2D eigenvalue weighted by atomic mass is 32.2. The molecule has 3 aromatic rings. The van der Waals surface area contributed by atoms with Gasteiger partial charge in [-0.15, -0.1) is 0 Å². The smallest absolute Gasteiger partial charge is 0.243 e. The molecule has 5 rings (SSSR count). The van der Waals surface area contributed by atoms with Crippen LogP contribution in [0, 0.1) is 0 Å². The molecule has 0 saturated carbocycles. The van der Waals surface area contributed by atoms with Crippen molar-refractivity contribution in [3.63, 3.8) is 0 Å². The maximum atomic E-state index is 13.6. The van der Waals surface area contributed by atoms with Crippen LogP contribution < -0.4 is 4.90 Å². The highest BCUT2D eigenvalue weighted by molar-refractivity contribution is 7.92. The van der Waals surface area contributed by atoms with E-state index >= 15 is 0 Å². The van der Waals surface area contributed by atoms with Gasteiger partial charge in [-0.1, -0.05) is 49.4 Å². The normalized spacial score (nSPS) is 19.7. The molecule has 35 heavy (non-hydrogen) atoms. The quantitative estimate of drug-likeness (QED) is 0.517. The van der Waals surface area contributed by atoms with Crippen molar-refractivity contribution < 1.29 is 16.8 Å². The van der Waals surface area contributed by atoms with Crippen molar-refractivity contribution in [3.8, 4) is 11.3 Å². The van der Waals surface area contributed by atoms with Crippen LogP contribution in [0.4, 0.5) is 5.82 Å². The lowest BCUT2D eigenvalue weighted by Crippen LogP contribution is -2.46. The monoisotopic (exact) mass is 514 g/mol. The summed E-state index contributed by atoms with van der Waals surface area (Å²) in [4.78, 5) is 9.86. The van der Waals surface area contributed by atoms with Gasteiger partial charge in [0.1, 0.15) is 5.82 Å². The maximum absolute atomic E-state index is 13.6. The van der Waals surface area contributed by atoms with Crippen LogP contribution in [0.5, 0.6) is 0 Å². The summed E-state index contributed by atoms with van der Waals surface area (Å²) in [7, 11) is -7.08. The number of nitrogens with zero attached hydrogens (tertiary/aromatic N) is 4. The molecule has 2 fully saturated rings. The molecule has 0 radical (unpaired) electrons. The van der Waals surface area contributed by atoms with E-state index in [1.807, 2.05) is 30.3 Å². The number of pyridine rings is 1. The Morgan fingerprint density at radius 1 is 0.886 bits per heavy atom. The summed E-state index contributed by atoms with van der Waals surface area (Å²) < 4.78 is 52.2. The summed E-state index contributed by atoms with van der Waals surface area (Å²) in [6, 6.07) is 16.9. The van der Waals surface area contributed by atoms with Crippen molar-refractivity contribution in [2.24, 2.45) is 0 Å². The molecule has 0 amide bonds. The molecule has 0 unspecified atom stereocenters. The number of sulfone groups is 1. The molecule has 0 spiro atoms. The fraction of sp³-hybridized carbons (Fsp3) is 0.400. The standard InChI is InChI=1S/C25H30N4O4S2/c1-2-27-11-13-28(14-12-27)25-21-8-4-3-7-20(21)19-23(26-25)22-9-5-6-10-24(22)35(32,33)29-15-17-34(30,31)18-16-29/h3-10,19H,2,11-18H2,1H3. The number of fused-ring (bicyclic) bond motifs is 1. The summed E-state index contributed by atoms with van der Waals surface area (Å²) in [6.45, 7) is 6.75. The number of piperazine rings is 1. The number of hydrogen-bond donors (Lipinski definition) is 0. The Hall–Kier alpha value is -2.53. The number of likely N-dealkylation sites (N-methyl/N-ethyl adjacent to an activating group) is 1. The Labute approximate surface area is 207 Å². The Bertz CT molecular complexity index is 1440. The summed E-state index contributed by atoms with van der Waals surface area (Å²) >= 11 is 0. The van der Waals surface area contributed by atoms with Gasteiger partial charge in [-0.05, 0) is 24.1 Å². The summed E-state index contributed by atoms with van der Waals surface area (Å²) in [5, 5.41) is 2.05. The molecule has 2 saturated heterocycles. The van der Waals surface area contributed by atoms with Crippen LogP contribution in [0.2, 0.25) is 0 Å². The van der Waals surface area contributed by atoms with Gasteiger partial charge in [0.25, 0.3) is 0 Å². The lowest BCUT2D eigenvalue weighted by molar-refractivity contribution is 0.271. The molecule has 2 aliphatic heterocycles. The predicted molar refractivity (Wildman–Crippen MR) is 139 cm³/mol. The first-order valence-corrected chi connectivity index (χ1v) is 15.2. The van der Waals surface area contributed by atoms with Crippen LogP contribution in [0.1, 0.15) is 6.92 Å². The highest BCUT2D eigenvalue weighted by Gasteiger charge is 2.33. The number of hydrogen-bond acceptors (Lipinski definition) is 7. The lowest BCUT2D eigenvalue weighted by atomic mass is 10.1. The second-order valence-electron chi connectivity index (χ2n) is 9.03. The van der Waals surface area contributed by atoms with E-state index in [9.17, 15) is 16.8 Å². The molecule has 0 bridgehead atoms. The first-order valence-electron chi connectivity index (χ1n) is 12.0. The fourth-order valence-electron chi connectivity index (χ4n) is 4.81. The van der Waals surface area contributed by atoms with E-state index in [1.165, 1.54) is 4.31 Å². The molecular formula is C25H30N4O4S2. The van der Waals surface area contributed by atoms with Gasteiger partial charge in [0, 0.05) is 50.2 Å².